The van der Waals surface area contributed by atoms with Crippen molar-refractivity contribution >= 4 is 34.0 Å². The highest BCUT2D eigenvalue weighted by atomic mass is 35.5. The first-order chi connectivity index (χ1) is 12.0. The lowest BCUT2D eigenvalue weighted by Crippen LogP contribution is -2.13. The summed E-state index contributed by atoms with van der Waals surface area (Å²) in [5.74, 6) is -0.333. The van der Waals surface area contributed by atoms with E-state index in [2.05, 4.69) is 46.3 Å². The van der Waals surface area contributed by atoms with Crippen molar-refractivity contribution in [1.82, 2.24) is 14.5 Å². The molecule has 25 heavy (non-hydrogen) atoms. The number of nitrogens with zero attached hydrogens (tertiary/aromatic N) is 3. The maximum absolute atomic E-state index is 12.2. The molecule has 5 nitrogen and oxygen atoms in total. The van der Waals surface area contributed by atoms with Crippen LogP contribution in [0, 0.1) is 13.8 Å². The second-order valence-electron chi connectivity index (χ2n) is 5.54. The number of anilines is 1. The van der Waals surface area contributed by atoms with Crippen LogP contribution in [0.3, 0.4) is 0 Å². The Morgan fingerprint density at radius 2 is 2.24 bits per heavy atom. The Morgan fingerprint density at radius 1 is 1.44 bits per heavy atom. The Bertz CT molecular complexity index is 944. The van der Waals surface area contributed by atoms with Crippen LogP contribution < -0.4 is 5.32 Å². The Hall–Kier alpha value is -2.44. The Morgan fingerprint density at radius 3 is 2.96 bits per heavy atom. The van der Waals surface area contributed by atoms with E-state index in [4.69, 9.17) is 11.6 Å². The smallest absolute Gasteiger partial charge is 0.276 e. The molecule has 0 spiro atoms. The van der Waals surface area contributed by atoms with Crippen LogP contribution in [0.5, 0.6) is 0 Å². The molecule has 0 saturated carbocycles. The number of pyridine rings is 1. The molecule has 3 aromatic heterocycles. The molecule has 0 unspecified atom stereocenters. The fourth-order valence-electron chi connectivity index (χ4n) is 2.62. The van der Waals surface area contributed by atoms with Gasteiger partial charge in [-0.1, -0.05) is 17.7 Å². The summed E-state index contributed by atoms with van der Waals surface area (Å²) in [5.41, 5.74) is 4.42. The number of thiazole rings is 1. The summed E-state index contributed by atoms with van der Waals surface area (Å²) >= 11 is 7.27. The third kappa shape index (κ3) is 3.65. The monoisotopic (exact) mass is 372 g/mol. The van der Waals surface area contributed by atoms with Gasteiger partial charge in [-0.25, -0.2) is 4.98 Å². The predicted octanol–water partition coefficient (Wildman–Crippen LogP) is 4.72. The zero-order valence-electron chi connectivity index (χ0n) is 13.9. The fraction of sp³-hybridized carbons (Fsp3) is 0.167. The van der Waals surface area contributed by atoms with Crippen molar-refractivity contribution in [3.63, 3.8) is 0 Å². The number of allylic oxidation sites excluding steroid dienone is 1. The molecule has 0 fully saturated rings. The molecule has 0 aliphatic heterocycles. The van der Waals surface area contributed by atoms with Crippen LogP contribution in [0.25, 0.3) is 11.3 Å². The molecule has 0 bridgehead atoms. The van der Waals surface area contributed by atoms with Crippen LogP contribution >= 0.6 is 22.9 Å². The number of hydrogen-bond acceptors (Lipinski definition) is 4. The molecule has 3 rings (SSSR count). The van der Waals surface area contributed by atoms with Crippen LogP contribution in [-0.4, -0.2) is 20.4 Å². The highest BCUT2D eigenvalue weighted by Gasteiger charge is 2.15. The summed E-state index contributed by atoms with van der Waals surface area (Å²) in [4.78, 5) is 20.8. The molecule has 0 atom stereocenters. The van der Waals surface area contributed by atoms with Crippen molar-refractivity contribution in [3.05, 3.63) is 64.5 Å². The first-order valence-electron chi connectivity index (χ1n) is 7.66. The molecule has 1 amide bonds. The van der Waals surface area contributed by atoms with Gasteiger partial charge in [-0.2, -0.15) is 0 Å². The number of carbonyl (C=O) groups is 1. The Kier molecular flexibility index (Phi) is 5.01. The van der Waals surface area contributed by atoms with Gasteiger partial charge in [0.05, 0.1) is 5.69 Å². The number of nitrogens with one attached hydrogen (secondary N) is 1. The van der Waals surface area contributed by atoms with E-state index in [1.54, 1.807) is 6.07 Å². The van der Waals surface area contributed by atoms with E-state index in [1.807, 2.05) is 11.5 Å². The molecule has 0 aliphatic carbocycles. The summed E-state index contributed by atoms with van der Waals surface area (Å²) in [6, 6.07) is 5.24. The van der Waals surface area contributed by atoms with Crippen LogP contribution in [0.1, 0.15) is 21.9 Å². The van der Waals surface area contributed by atoms with Crippen molar-refractivity contribution in [1.29, 1.82) is 0 Å². The number of rotatable bonds is 5. The first-order valence-corrected chi connectivity index (χ1v) is 8.91. The van der Waals surface area contributed by atoms with E-state index in [0.717, 1.165) is 29.2 Å². The molecule has 0 radical (unpaired) electrons. The van der Waals surface area contributed by atoms with Crippen LogP contribution in [-0.2, 0) is 6.54 Å². The maximum Gasteiger partial charge on any atom is 0.276 e. The lowest BCUT2D eigenvalue weighted by atomic mass is 10.2. The number of hydrogen-bond donors (Lipinski definition) is 1. The van der Waals surface area contributed by atoms with E-state index in [9.17, 15) is 4.79 Å². The molecule has 0 aromatic carbocycles. The SMILES string of the molecule is C=CCn1c(C)cc(-c2csc(NC(=O)c3cc(Cl)ccn3)n2)c1C. The predicted molar refractivity (Wildman–Crippen MR) is 102 cm³/mol. The van der Waals surface area contributed by atoms with Crippen LogP contribution in [0.2, 0.25) is 5.02 Å². The summed E-state index contributed by atoms with van der Waals surface area (Å²) < 4.78 is 2.18. The van der Waals surface area contributed by atoms with Gasteiger partial charge in [0, 0.05) is 40.1 Å². The minimum Gasteiger partial charge on any atom is -0.345 e. The maximum atomic E-state index is 12.2. The second kappa shape index (κ2) is 7.21. The number of aryl methyl sites for hydroxylation is 1. The van der Waals surface area contributed by atoms with Crippen molar-refractivity contribution in [2.75, 3.05) is 5.32 Å². The second-order valence-corrected chi connectivity index (χ2v) is 6.83. The lowest BCUT2D eigenvalue weighted by Gasteiger charge is -2.05. The van der Waals surface area contributed by atoms with Gasteiger partial charge in [0.1, 0.15) is 5.69 Å². The molecule has 7 heteroatoms. The van der Waals surface area contributed by atoms with Crippen molar-refractivity contribution in [2.45, 2.75) is 20.4 Å². The lowest BCUT2D eigenvalue weighted by molar-refractivity contribution is 0.102. The standard InChI is InChI=1S/C18H17ClN4OS/c1-4-7-23-11(2)8-14(12(23)3)16-10-25-18(21-16)22-17(24)15-9-13(19)5-6-20-15/h4-6,8-10H,1,7H2,2-3H3,(H,21,22,24). The van der Waals surface area contributed by atoms with Gasteiger partial charge < -0.3 is 4.57 Å². The van der Waals surface area contributed by atoms with Gasteiger partial charge in [-0.3, -0.25) is 15.1 Å². The van der Waals surface area contributed by atoms with Gasteiger partial charge in [0.25, 0.3) is 5.91 Å². The molecule has 128 valence electrons. The minimum atomic E-state index is -0.333. The first kappa shape index (κ1) is 17.4. The summed E-state index contributed by atoms with van der Waals surface area (Å²) in [6.45, 7) is 8.66. The van der Waals surface area contributed by atoms with Crippen LogP contribution in [0.15, 0.2) is 42.4 Å². The zero-order valence-corrected chi connectivity index (χ0v) is 15.5. The summed E-state index contributed by atoms with van der Waals surface area (Å²) in [6.07, 6.45) is 3.37. The Balaban J connectivity index is 1.82. The highest BCUT2D eigenvalue weighted by Crippen LogP contribution is 2.30. The van der Waals surface area contributed by atoms with E-state index in [1.165, 1.54) is 23.6 Å². The number of aromatic nitrogens is 3. The van der Waals surface area contributed by atoms with Crippen molar-refractivity contribution in [3.8, 4) is 11.3 Å². The zero-order chi connectivity index (χ0) is 18.0. The number of amides is 1. The van der Waals surface area contributed by atoms with Crippen molar-refractivity contribution in [2.24, 2.45) is 0 Å². The molecule has 1 N–H and O–H groups in total. The van der Waals surface area contributed by atoms with Gasteiger partial charge in [-0.15, -0.1) is 17.9 Å². The normalized spacial score (nSPS) is 10.7. The summed E-state index contributed by atoms with van der Waals surface area (Å²) in [5, 5.41) is 5.69. The van der Waals surface area contributed by atoms with Gasteiger partial charge >= 0.3 is 0 Å². The minimum absolute atomic E-state index is 0.258. The molecule has 0 saturated heterocycles. The van der Waals surface area contributed by atoms with Crippen molar-refractivity contribution < 1.29 is 4.79 Å². The number of carbonyl (C=O) groups excluding carboxylic acids is 1. The number of halogens is 1. The average molecular weight is 373 g/mol. The topological polar surface area (TPSA) is 59.8 Å². The Labute approximate surface area is 155 Å². The third-order valence-corrected chi connectivity index (χ3v) is 4.83. The van der Waals surface area contributed by atoms with E-state index in [-0.39, 0.29) is 11.6 Å². The average Bonchev–Trinajstić information content (AvgIpc) is 3.14. The molecule has 0 aliphatic rings. The molecule has 3 heterocycles. The van der Waals surface area contributed by atoms with Gasteiger partial charge in [0.2, 0.25) is 0 Å². The molecule has 3 aromatic rings. The van der Waals surface area contributed by atoms with E-state index in [0.29, 0.717) is 10.2 Å². The highest BCUT2D eigenvalue weighted by molar-refractivity contribution is 7.14. The van der Waals surface area contributed by atoms with E-state index < -0.39 is 0 Å². The third-order valence-electron chi connectivity index (χ3n) is 3.84. The van der Waals surface area contributed by atoms with Crippen LogP contribution in [0.4, 0.5) is 5.13 Å². The van der Waals surface area contributed by atoms with Gasteiger partial charge in [0.15, 0.2) is 5.13 Å². The van der Waals surface area contributed by atoms with Gasteiger partial charge in [-0.05, 0) is 32.0 Å². The molecular formula is C18H17ClN4OS. The molecular weight excluding hydrogens is 356 g/mol. The fourth-order valence-corrected chi connectivity index (χ4v) is 3.48. The van der Waals surface area contributed by atoms with E-state index >= 15 is 0 Å². The quantitative estimate of drug-likeness (QED) is 0.659. The summed E-state index contributed by atoms with van der Waals surface area (Å²) in [7, 11) is 0. The largest absolute Gasteiger partial charge is 0.345 e.